The van der Waals surface area contributed by atoms with Crippen LogP contribution in [-0.2, 0) is 26.4 Å². The molecule has 1 fully saturated rings. The molecule has 3 rings (SSSR count). The Hall–Kier alpha value is -1.74. The maximum absolute atomic E-state index is 13.1. The molecule has 0 amide bonds. The van der Waals surface area contributed by atoms with Crippen LogP contribution in [-0.4, -0.2) is 49.9 Å². The molecular weight excluding hydrogens is 362 g/mol. The number of sulfone groups is 1. The Morgan fingerprint density at radius 1 is 0.960 bits per heavy atom. The number of benzene rings is 2. The molecule has 0 aromatic heterocycles. The van der Waals surface area contributed by atoms with Crippen molar-refractivity contribution in [1.29, 1.82) is 0 Å². The summed E-state index contributed by atoms with van der Waals surface area (Å²) in [7, 11) is -7.44. The molecule has 134 valence electrons. The Balaban J connectivity index is 2.03. The van der Waals surface area contributed by atoms with E-state index in [4.69, 9.17) is 0 Å². The first-order valence-electron chi connectivity index (χ1n) is 7.79. The predicted octanol–water partition coefficient (Wildman–Crippen LogP) is 1.04. The number of rotatable bonds is 5. The van der Waals surface area contributed by atoms with Gasteiger partial charge in [0.1, 0.15) is 0 Å². The molecule has 1 aliphatic rings. The highest BCUT2D eigenvalue weighted by molar-refractivity contribution is 7.92. The third-order valence-electron chi connectivity index (χ3n) is 4.19. The summed E-state index contributed by atoms with van der Waals surface area (Å²) in [6, 6.07) is 15.7. The third kappa shape index (κ3) is 3.92. The van der Waals surface area contributed by atoms with Gasteiger partial charge in [-0.2, -0.15) is 4.31 Å². The SMILES string of the molecule is O=S1(=O)C[C@H](O)[C@@H](N(Cc2ccccc2)S(=O)(=O)c2ccccc2)C1. The number of aliphatic hydroxyl groups is 1. The molecule has 0 spiro atoms. The van der Waals surface area contributed by atoms with Crippen LogP contribution in [0.2, 0.25) is 0 Å². The fourth-order valence-corrected chi connectivity index (χ4v) is 6.52. The molecule has 0 saturated carbocycles. The van der Waals surface area contributed by atoms with Crippen LogP contribution < -0.4 is 0 Å². The van der Waals surface area contributed by atoms with Crippen molar-refractivity contribution < 1.29 is 21.9 Å². The van der Waals surface area contributed by atoms with Gasteiger partial charge in [-0.15, -0.1) is 0 Å². The van der Waals surface area contributed by atoms with E-state index in [1.54, 1.807) is 42.5 Å². The van der Waals surface area contributed by atoms with Crippen LogP contribution in [0.1, 0.15) is 5.56 Å². The van der Waals surface area contributed by atoms with Crippen molar-refractivity contribution in [2.24, 2.45) is 0 Å². The topological polar surface area (TPSA) is 91.8 Å². The zero-order valence-electron chi connectivity index (χ0n) is 13.4. The lowest BCUT2D eigenvalue weighted by molar-refractivity contribution is 0.125. The van der Waals surface area contributed by atoms with Crippen molar-refractivity contribution in [3.05, 3.63) is 66.2 Å². The van der Waals surface area contributed by atoms with Crippen LogP contribution >= 0.6 is 0 Å². The first-order valence-corrected chi connectivity index (χ1v) is 11.0. The van der Waals surface area contributed by atoms with Crippen LogP contribution in [0.15, 0.2) is 65.6 Å². The summed E-state index contributed by atoms with van der Waals surface area (Å²) in [5, 5.41) is 10.2. The number of nitrogens with zero attached hydrogens (tertiary/aromatic N) is 1. The first kappa shape index (κ1) is 18.1. The van der Waals surface area contributed by atoms with Crippen LogP contribution in [0.3, 0.4) is 0 Å². The number of hydrogen-bond donors (Lipinski definition) is 1. The van der Waals surface area contributed by atoms with Gasteiger partial charge in [0.2, 0.25) is 10.0 Å². The minimum Gasteiger partial charge on any atom is -0.390 e. The Bertz CT molecular complexity index is 928. The number of aliphatic hydroxyl groups excluding tert-OH is 1. The summed E-state index contributed by atoms with van der Waals surface area (Å²) in [6.07, 6.45) is -1.24. The van der Waals surface area contributed by atoms with E-state index >= 15 is 0 Å². The highest BCUT2D eigenvalue weighted by atomic mass is 32.2. The summed E-state index contributed by atoms with van der Waals surface area (Å²) in [5.41, 5.74) is 0.721. The Morgan fingerprint density at radius 3 is 2.04 bits per heavy atom. The van der Waals surface area contributed by atoms with Crippen LogP contribution in [0.4, 0.5) is 0 Å². The largest absolute Gasteiger partial charge is 0.390 e. The van der Waals surface area contributed by atoms with Crippen molar-refractivity contribution in [1.82, 2.24) is 4.31 Å². The van der Waals surface area contributed by atoms with E-state index in [-0.39, 0.29) is 17.2 Å². The van der Waals surface area contributed by atoms with Crippen molar-refractivity contribution in [3.63, 3.8) is 0 Å². The van der Waals surface area contributed by atoms with Gasteiger partial charge < -0.3 is 5.11 Å². The number of hydrogen-bond acceptors (Lipinski definition) is 5. The van der Waals surface area contributed by atoms with E-state index in [1.165, 1.54) is 12.1 Å². The van der Waals surface area contributed by atoms with Crippen molar-refractivity contribution in [2.75, 3.05) is 11.5 Å². The Morgan fingerprint density at radius 2 is 1.52 bits per heavy atom. The van der Waals surface area contributed by atoms with Gasteiger partial charge in [0.15, 0.2) is 9.84 Å². The summed E-state index contributed by atoms with van der Waals surface area (Å²) in [6.45, 7) is -0.00465. The van der Waals surface area contributed by atoms with E-state index < -0.39 is 37.8 Å². The zero-order valence-corrected chi connectivity index (χ0v) is 15.0. The summed E-state index contributed by atoms with van der Waals surface area (Å²) < 4.78 is 51.1. The minimum atomic E-state index is -3.96. The molecule has 0 unspecified atom stereocenters. The maximum Gasteiger partial charge on any atom is 0.243 e. The zero-order chi connectivity index (χ0) is 18.1. The third-order valence-corrected chi connectivity index (χ3v) is 7.78. The summed E-state index contributed by atoms with van der Waals surface area (Å²) in [4.78, 5) is 0.0717. The summed E-state index contributed by atoms with van der Waals surface area (Å²) >= 11 is 0. The lowest BCUT2D eigenvalue weighted by Gasteiger charge is -2.29. The van der Waals surface area contributed by atoms with Crippen molar-refractivity contribution in [2.45, 2.75) is 23.6 Å². The van der Waals surface area contributed by atoms with E-state index in [2.05, 4.69) is 0 Å². The van der Waals surface area contributed by atoms with Crippen LogP contribution in [0, 0.1) is 0 Å². The molecule has 25 heavy (non-hydrogen) atoms. The number of sulfonamides is 1. The van der Waals surface area contributed by atoms with Crippen LogP contribution in [0.25, 0.3) is 0 Å². The normalized spacial score (nSPS) is 23.0. The molecule has 8 heteroatoms. The van der Waals surface area contributed by atoms with E-state index in [9.17, 15) is 21.9 Å². The standard InChI is InChI=1S/C17H19NO5S2/c19-17-13-24(20,21)12-16(17)18(11-14-7-3-1-4-8-14)25(22,23)15-9-5-2-6-10-15/h1-10,16-17,19H,11-13H2/t16-,17-/m0/s1. The van der Waals surface area contributed by atoms with Gasteiger partial charge in [0.25, 0.3) is 0 Å². The average molecular weight is 381 g/mol. The maximum atomic E-state index is 13.1. The molecular formula is C17H19NO5S2. The van der Waals surface area contributed by atoms with Crippen LogP contribution in [0.5, 0.6) is 0 Å². The smallest absolute Gasteiger partial charge is 0.243 e. The van der Waals surface area contributed by atoms with Gasteiger partial charge in [0.05, 0.1) is 28.5 Å². The van der Waals surface area contributed by atoms with E-state index in [0.717, 1.165) is 9.87 Å². The predicted molar refractivity (Wildman–Crippen MR) is 94.1 cm³/mol. The lowest BCUT2D eigenvalue weighted by Crippen LogP contribution is -2.46. The highest BCUT2D eigenvalue weighted by Crippen LogP contribution is 2.27. The molecule has 1 heterocycles. The van der Waals surface area contributed by atoms with Gasteiger partial charge in [-0.1, -0.05) is 48.5 Å². The molecule has 6 nitrogen and oxygen atoms in total. The molecule has 0 radical (unpaired) electrons. The second kappa shape index (κ2) is 6.87. The monoisotopic (exact) mass is 381 g/mol. The molecule has 1 saturated heterocycles. The minimum absolute atomic E-state index is 0.00465. The lowest BCUT2D eigenvalue weighted by atomic mass is 10.2. The molecule has 2 aromatic rings. The molecule has 1 N–H and O–H groups in total. The molecule has 2 atom stereocenters. The molecule has 0 bridgehead atoms. The Labute approximate surface area is 147 Å². The fraction of sp³-hybridized carbons (Fsp3) is 0.294. The second-order valence-corrected chi connectivity index (χ2v) is 10.1. The first-order chi connectivity index (χ1) is 11.8. The highest BCUT2D eigenvalue weighted by Gasteiger charge is 2.44. The van der Waals surface area contributed by atoms with E-state index in [1.807, 2.05) is 6.07 Å². The molecule has 2 aromatic carbocycles. The van der Waals surface area contributed by atoms with Gasteiger partial charge in [0, 0.05) is 6.54 Å². The summed E-state index contributed by atoms with van der Waals surface area (Å²) in [5.74, 6) is -0.805. The van der Waals surface area contributed by atoms with Gasteiger partial charge in [-0.25, -0.2) is 16.8 Å². The van der Waals surface area contributed by atoms with Gasteiger partial charge in [-0.05, 0) is 17.7 Å². The second-order valence-electron chi connectivity index (χ2n) is 6.06. The van der Waals surface area contributed by atoms with Gasteiger partial charge in [-0.3, -0.25) is 0 Å². The average Bonchev–Trinajstić information content (AvgIpc) is 2.86. The Kier molecular flexibility index (Phi) is 4.97. The van der Waals surface area contributed by atoms with Crippen molar-refractivity contribution >= 4 is 19.9 Å². The molecule has 1 aliphatic heterocycles. The molecule has 0 aliphatic carbocycles. The van der Waals surface area contributed by atoms with Crippen molar-refractivity contribution in [3.8, 4) is 0 Å². The fourth-order valence-electron chi connectivity index (χ4n) is 2.96. The van der Waals surface area contributed by atoms with Gasteiger partial charge >= 0.3 is 0 Å². The quantitative estimate of drug-likeness (QED) is 0.835. The van der Waals surface area contributed by atoms with E-state index in [0.29, 0.717) is 0 Å².